The molecule has 1 aromatic rings. The first-order valence-electron chi connectivity index (χ1n) is 7.91. The van der Waals surface area contributed by atoms with Gasteiger partial charge in [-0.05, 0) is 43.6 Å². The molecular weight excluding hydrogens is 246 g/mol. The van der Waals surface area contributed by atoms with Gasteiger partial charge < -0.3 is 10.0 Å². The van der Waals surface area contributed by atoms with Crippen LogP contribution in [0.2, 0.25) is 0 Å². The third-order valence-electron chi connectivity index (χ3n) is 4.68. The zero-order chi connectivity index (χ0) is 14.8. The highest BCUT2D eigenvalue weighted by molar-refractivity contribution is 5.54. The maximum Gasteiger partial charge on any atom is 0.0781 e. The fourth-order valence-electron chi connectivity index (χ4n) is 3.33. The average Bonchev–Trinajstić information content (AvgIpc) is 2.63. The molecule has 0 amide bonds. The summed E-state index contributed by atoms with van der Waals surface area (Å²) < 4.78 is 0. The number of anilines is 1. The van der Waals surface area contributed by atoms with E-state index in [-0.39, 0.29) is 0 Å². The largest absolute Gasteiger partial charge is 0.389 e. The van der Waals surface area contributed by atoms with Crippen LogP contribution in [0.3, 0.4) is 0 Å². The Kier molecular flexibility index (Phi) is 4.74. The van der Waals surface area contributed by atoms with Crippen molar-refractivity contribution in [2.45, 2.75) is 53.1 Å². The lowest BCUT2D eigenvalue weighted by molar-refractivity contribution is 0.199. The highest BCUT2D eigenvalue weighted by atomic mass is 16.3. The number of aliphatic hydroxyl groups excluding tert-OH is 1. The van der Waals surface area contributed by atoms with E-state index in [2.05, 4.69) is 37.8 Å². The van der Waals surface area contributed by atoms with Crippen LogP contribution in [0.1, 0.15) is 58.6 Å². The summed E-state index contributed by atoms with van der Waals surface area (Å²) in [4.78, 5) is 2.47. The van der Waals surface area contributed by atoms with Crippen LogP contribution in [0.4, 0.5) is 5.69 Å². The second kappa shape index (κ2) is 6.17. The van der Waals surface area contributed by atoms with Gasteiger partial charge in [0.15, 0.2) is 0 Å². The second-order valence-electron chi connectivity index (χ2n) is 7.22. The highest BCUT2D eigenvalue weighted by Gasteiger charge is 2.27. The molecule has 0 bridgehead atoms. The fraction of sp³-hybridized carbons (Fsp3) is 0.667. The number of rotatable bonds is 2. The number of para-hydroxylation sites is 1. The molecule has 1 fully saturated rings. The molecule has 20 heavy (non-hydrogen) atoms. The summed E-state index contributed by atoms with van der Waals surface area (Å²) in [6.45, 7) is 11.1. The molecule has 0 aromatic heterocycles. The maximum absolute atomic E-state index is 9.96. The molecule has 1 aliphatic heterocycles. The lowest BCUT2D eigenvalue weighted by atomic mass is 9.77. The van der Waals surface area contributed by atoms with E-state index < -0.39 is 6.10 Å². The van der Waals surface area contributed by atoms with Crippen molar-refractivity contribution >= 4 is 5.69 Å². The molecule has 0 radical (unpaired) electrons. The van der Waals surface area contributed by atoms with Gasteiger partial charge in [0.2, 0.25) is 0 Å². The molecule has 0 spiro atoms. The minimum absolute atomic E-state index is 0.395. The summed E-state index contributed by atoms with van der Waals surface area (Å²) in [5.41, 5.74) is 2.68. The van der Waals surface area contributed by atoms with E-state index in [1.54, 1.807) is 0 Å². The van der Waals surface area contributed by atoms with Crippen molar-refractivity contribution in [3.63, 3.8) is 0 Å². The van der Waals surface area contributed by atoms with Crippen molar-refractivity contribution in [1.82, 2.24) is 0 Å². The maximum atomic E-state index is 9.96. The van der Waals surface area contributed by atoms with Gasteiger partial charge in [-0.2, -0.15) is 0 Å². The Labute approximate surface area is 123 Å². The van der Waals surface area contributed by atoms with Crippen LogP contribution in [0.15, 0.2) is 24.3 Å². The summed E-state index contributed by atoms with van der Waals surface area (Å²) in [6.07, 6.45) is 3.41. The molecule has 1 aliphatic rings. The van der Waals surface area contributed by atoms with Gasteiger partial charge in [-0.3, -0.25) is 0 Å². The van der Waals surface area contributed by atoms with Crippen LogP contribution < -0.4 is 4.90 Å². The first-order chi connectivity index (χ1) is 9.39. The minimum atomic E-state index is -0.395. The fourth-order valence-corrected chi connectivity index (χ4v) is 3.33. The van der Waals surface area contributed by atoms with Crippen molar-refractivity contribution in [3.8, 4) is 0 Å². The van der Waals surface area contributed by atoms with Gasteiger partial charge in [0.25, 0.3) is 0 Å². The zero-order valence-corrected chi connectivity index (χ0v) is 13.4. The molecule has 0 aliphatic carbocycles. The van der Waals surface area contributed by atoms with Gasteiger partial charge in [-0.15, -0.1) is 0 Å². The molecule has 1 unspecified atom stereocenters. The van der Waals surface area contributed by atoms with Gasteiger partial charge in [0, 0.05) is 24.3 Å². The predicted octanol–water partition coefficient (Wildman–Crippen LogP) is 4.39. The van der Waals surface area contributed by atoms with E-state index in [0.29, 0.717) is 5.41 Å². The lowest BCUT2D eigenvalue weighted by Gasteiger charge is -2.30. The molecule has 1 aromatic carbocycles. The van der Waals surface area contributed by atoms with Crippen LogP contribution in [-0.2, 0) is 0 Å². The smallest absolute Gasteiger partial charge is 0.0781 e. The Balaban J connectivity index is 2.15. The molecule has 1 saturated heterocycles. The van der Waals surface area contributed by atoms with Gasteiger partial charge in [-0.25, -0.2) is 0 Å². The van der Waals surface area contributed by atoms with Gasteiger partial charge in [-0.1, -0.05) is 39.0 Å². The third-order valence-corrected chi connectivity index (χ3v) is 4.68. The van der Waals surface area contributed by atoms with Crippen molar-refractivity contribution in [1.29, 1.82) is 0 Å². The summed E-state index contributed by atoms with van der Waals surface area (Å²) in [5, 5.41) is 9.96. The number of aliphatic hydroxyl groups is 1. The first-order valence-corrected chi connectivity index (χ1v) is 7.91. The second-order valence-corrected chi connectivity index (χ2v) is 7.22. The van der Waals surface area contributed by atoms with Crippen molar-refractivity contribution in [2.24, 2.45) is 11.3 Å². The Morgan fingerprint density at radius 2 is 1.85 bits per heavy atom. The molecule has 2 nitrogen and oxygen atoms in total. The lowest BCUT2D eigenvalue weighted by Crippen LogP contribution is -2.27. The Morgan fingerprint density at radius 1 is 1.15 bits per heavy atom. The minimum Gasteiger partial charge on any atom is -0.389 e. The van der Waals surface area contributed by atoms with E-state index >= 15 is 0 Å². The van der Waals surface area contributed by atoms with E-state index in [1.807, 2.05) is 19.1 Å². The monoisotopic (exact) mass is 275 g/mol. The first kappa shape index (κ1) is 15.4. The van der Waals surface area contributed by atoms with E-state index in [4.69, 9.17) is 0 Å². The molecule has 0 saturated carbocycles. The van der Waals surface area contributed by atoms with Gasteiger partial charge in [0.1, 0.15) is 0 Å². The van der Waals surface area contributed by atoms with Crippen LogP contribution in [0.5, 0.6) is 0 Å². The molecule has 2 rings (SSSR count). The van der Waals surface area contributed by atoms with E-state index in [0.717, 1.165) is 24.6 Å². The van der Waals surface area contributed by atoms with E-state index in [1.165, 1.54) is 24.9 Å². The molecule has 2 atom stereocenters. The number of nitrogens with zero attached hydrogens (tertiary/aromatic N) is 1. The normalized spacial score (nSPS) is 22.4. The number of hydrogen-bond acceptors (Lipinski definition) is 2. The SMILES string of the molecule is C[C@H](O)c1ccccc1N1CCCC(C(C)(C)C)CC1. The Bertz CT molecular complexity index is 433. The standard InChI is InChI=1S/C18H29NO/c1-14(20)16-9-5-6-10-17(16)19-12-7-8-15(11-13-19)18(2,3)4/h5-6,9-10,14-15,20H,7-8,11-13H2,1-4H3/t14-,15?/m0/s1. The average molecular weight is 275 g/mol. The van der Waals surface area contributed by atoms with Crippen molar-refractivity contribution < 1.29 is 5.11 Å². The summed E-state index contributed by atoms with van der Waals surface area (Å²) in [6, 6.07) is 8.29. The molecule has 112 valence electrons. The summed E-state index contributed by atoms with van der Waals surface area (Å²) >= 11 is 0. The number of hydrogen-bond donors (Lipinski definition) is 1. The van der Waals surface area contributed by atoms with Gasteiger partial charge in [0.05, 0.1) is 6.10 Å². The van der Waals surface area contributed by atoms with E-state index in [9.17, 15) is 5.11 Å². The molecule has 1 N–H and O–H groups in total. The van der Waals surface area contributed by atoms with Crippen molar-refractivity contribution in [3.05, 3.63) is 29.8 Å². The topological polar surface area (TPSA) is 23.5 Å². The quantitative estimate of drug-likeness (QED) is 0.865. The highest BCUT2D eigenvalue weighted by Crippen LogP contribution is 2.36. The zero-order valence-electron chi connectivity index (χ0n) is 13.4. The predicted molar refractivity (Wildman–Crippen MR) is 86.1 cm³/mol. The summed E-state index contributed by atoms with van der Waals surface area (Å²) in [5.74, 6) is 0.797. The Hall–Kier alpha value is -1.02. The summed E-state index contributed by atoms with van der Waals surface area (Å²) in [7, 11) is 0. The van der Waals surface area contributed by atoms with Gasteiger partial charge >= 0.3 is 0 Å². The molecule has 1 heterocycles. The van der Waals surface area contributed by atoms with Crippen LogP contribution >= 0.6 is 0 Å². The molecule has 2 heteroatoms. The number of benzene rings is 1. The van der Waals surface area contributed by atoms with Crippen LogP contribution in [0, 0.1) is 11.3 Å². The third kappa shape index (κ3) is 3.54. The van der Waals surface area contributed by atoms with Crippen LogP contribution in [-0.4, -0.2) is 18.2 Å². The van der Waals surface area contributed by atoms with Crippen molar-refractivity contribution in [2.75, 3.05) is 18.0 Å². The Morgan fingerprint density at radius 3 is 2.50 bits per heavy atom. The molecular formula is C18H29NO. The van der Waals surface area contributed by atoms with Crippen LogP contribution in [0.25, 0.3) is 0 Å².